The van der Waals surface area contributed by atoms with Crippen molar-refractivity contribution in [3.05, 3.63) is 80.4 Å². The number of rotatable bonds is 8. The molecule has 3 heterocycles. The average molecular weight is 535 g/mol. The monoisotopic (exact) mass is 534 g/mol. The molecule has 0 atom stereocenters. The van der Waals surface area contributed by atoms with Gasteiger partial charge in [-0.3, -0.25) is 9.59 Å². The van der Waals surface area contributed by atoms with Crippen molar-refractivity contribution in [1.29, 1.82) is 0 Å². The molecule has 0 spiro atoms. The van der Waals surface area contributed by atoms with E-state index in [9.17, 15) is 14.4 Å². The topological polar surface area (TPSA) is 98.0 Å². The Labute approximate surface area is 226 Å². The van der Waals surface area contributed by atoms with Gasteiger partial charge in [-0.15, -0.1) is 0 Å². The molecule has 4 aromatic rings. The van der Waals surface area contributed by atoms with Crippen molar-refractivity contribution in [1.82, 2.24) is 9.13 Å². The quantitative estimate of drug-likeness (QED) is 0.315. The van der Waals surface area contributed by atoms with Crippen molar-refractivity contribution in [2.45, 2.75) is 46.1 Å². The molecule has 0 unspecified atom stereocenters. The Morgan fingerprint density at radius 2 is 1.28 bits per heavy atom. The Morgan fingerprint density at radius 3 is 1.74 bits per heavy atom. The number of fused-ring (bicyclic) bond motifs is 2. The number of pyridine rings is 2. The van der Waals surface area contributed by atoms with Crippen LogP contribution in [0.25, 0.3) is 21.8 Å². The summed E-state index contributed by atoms with van der Waals surface area (Å²) in [5.41, 5.74) is 3.50. The highest BCUT2D eigenvalue weighted by Crippen LogP contribution is 2.24. The van der Waals surface area contributed by atoms with Gasteiger partial charge >= 0.3 is 0 Å². The molecule has 9 nitrogen and oxygen atoms in total. The van der Waals surface area contributed by atoms with Gasteiger partial charge in [0.05, 0.1) is 38.5 Å². The van der Waals surface area contributed by atoms with Crippen molar-refractivity contribution < 1.29 is 23.7 Å². The van der Waals surface area contributed by atoms with Crippen LogP contribution in [0.1, 0.15) is 24.0 Å². The zero-order chi connectivity index (χ0) is 27.9. The second-order valence-electron chi connectivity index (χ2n) is 9.32. The van der Waals surface area contributed by atoms with E-state index < -0.39 is 0 Å². The van der Waals surface area contributed by atoms with E-state index in [0.29, 0.717) is 44.9 Å². The molecular weight excluding hydrogens is 500 g/mol. The lowest BCUT2D eigenvalue weighted by Gasteiger charge is -2.15. The van der Waals surface area contributed by atoms with Crippen LogP contribution in [0.3, 0.4) is 0 Å². The summed E-state index contributed by atoms with van der Waals surface area (Å²) in [6.07, 6.45) is 1.60. The fourth-order valence-corrected chi connectivity index (χ4v) is 4.76. The molecule has 2 aromatic carbocycles. The highest BCUT2D eigenvalue weighted by atomic mass is 16.7. The van der Waals surface area contributed by atoms with Gasteiger partial charge in [-0.25, -0.2) is 0 Å². The Bertz CT molecular complexity index is 1580. The molecule has 1 saturated heterocycles. The first-order valence-electron chi connectivity index (χ1n) is 12.9. The lowest BCUT2D eigenvalue weighted by molar-refractivity contribution is -0.108. The molecule has 39 heavy (non-hydrogen) atoms. The van der Waals surface area contributed by atoms with E-state index in [-0.39, 0.29) is 17.4 Å². The first-order valence-corrected chi connectivity index (χ1v) is 12.9. The molecule has 0 aliphatic carbocycles. The van der Waals surface area contributed by atoms with Gasteiger partial charge in [-0.05, 0) is 49.2 Å². The summed E-state index contributed by atoms with van der Waals surface area (Å²) in [6.45, 7) is 6.06. The highest BCUT2D eigenvalue weighted by molar-refractivity contribution is 5.84. The molecule has 0 radical (unpaired) electrons. The maximum absolute atomic E-state index is 12.3. The number of carbonyl (C=O) groups excluding carboxylic acids is 1. The third kappa shape index (κ3) is 6.38. The van der Waals surface area contributed by atoms with E-state index in [1.54, 1.807) is 35.5 Å². The largest absolute Gasteiger partial charge is 0.497 e. The van der Waals surface area contributed by atoms with Gasteiger partial charge in [-0.2, -0.15) is 0 Å². The van der Waals surface area contributed by atoms with Crippen molar-refractivity contribution >= 4 is 28.1 Å². The summed E-state index contributed by atoms with van der Waals surface area (Å²) in [7, 11) is 3.21. The number of aryl methyl sites for hydroxylation is 4. The fraction of sp³-hybridized carbons (Fsp3) is 0.367. The zero-order valence-electron chi connectivity index (χ0n) is 22.8. The van der Waals surface area contributed by atoms with Gasteiger partial charge < -0.3 is 32.9 Å². The number of aldehydes is 1. The predicted molar refractivity (Wildman–Crippen MR) is 150 cm³/mol. The molecule has 1 aliphatic rings. The van der Waals surface area contributed by atoms with Crippen LogP contribution >= 0.6 is 0 Å². The Hall–Kier alpha value is -3.95. The second-order valence-corrected chi connectivity index (χ2v) is 9.32. The molecule has 1 aliphatic heterocycles. The SMILES string of the molecule is COc1ccc2c(C)cc(=O)n(CCC3OCCO3)c2c1.COc1ccc2c(C)cc(=O)n(CCC=O)c2c1. The lowest BCUT2D eigenvalue weighted by atomic mass is 10.1. The van der Waals surface area contributed by atoms with Crippen LogP contribution < -0.4 is 20.6 Å². The first kappa shape index (κ1) is 28.1. The average Bonchev–Trinajstić information content (AvgIpc) is 3.46. The van der Waals surface area contributed by atoms with Gasteiger partial charge in [0, 0.05) is 61.0 Å². The van der Waals surface area contributed by atoms with Crippen LogP contribution in [0, 0.1) is 13.8 Å². The minimum absolute atomic E-state index is 0.00810. The summed E-state index contributed by atoms with van der Waals surface area (Å²) in [6, 6.07) is 14.7. The van der Waals surface area contributed by atoms with Gasteiger partial charge in [-0.1, -0.05) is 0 Å². The number of carbonyl (C=O) groups is 1. The summed E-state index contributed by atoms with van der Waals surface area (Å²) >= 11 is 0. The molecule has 206 valence electrons. The maximum Gasteiger partial charge on any atom is 0.251 e. The minimum Gasteiger partial charge on any atom is -0.497 e. The molecule has 2 aromatic heterocycles. The van der Waals surface area contributed by atoms with Crippen LogP contribution in [0.5, 0.6) is 11.5 Å². The normalized spacial score (nSPS) is 13.3. The Balaban J connectivity index is 0.000000183. The van der Waals surface area contributed by atoms with Crippen LogP contribution in [-0.4, -0.2) is 49.1 Å². The summed E-state index contributed by atoms with van der Waals surface area (Å²) in [5, 5.41) is 2.06. The Morgan fingerprint density at radius 1 is 0.795 bits per heavy atom. The van der Waals surface area contributed by atoms with Gasteiger partial charge in [0.1, 0.15) is 17.8 Å². The molecule has 0 amide bonds. The summed E-state index contributed by atoms with van der Waals surface area (Å²) in [5.74, 6) is 1.45. The van der Waals surface area contributed by atoms with Crippen LogP contribution in [-0.2, 0) is 27.4 Å². The van der Waals surface area contributed by atoms with Crippen LogP contribution in [0.2, 0.25) is 0 Å². The van der Waals surface area contributed by atoms with Gasteiger partial charge in [0.25, 0.3) is 11.1 Å². The molecule has 9 heteroatoms. The third-order valence-electron chi connectivity index (χ3n) is 6.80. The summed E-state index contributed by atoms with van der Waals surface area (Å²) < 4.78 is 24.7. The van der Waals surface area contributed by atoms with E-state index in [4.69, 9.17) is 18.9 Å². The number of hydrogen-bond donors (Lipinski definition) is 0. The lowest BCUT2D eigenvalue weighted by Crippen LogP contribution is -2.23. The van der Waals surface area contributed by atoms with Crippen LogP contribution in [0.4, 0.5) is 0 Å². The zero-order valence-corrected chi connectivity index (χ0v) is 22.8. The van der Waals surface area contributed by atoms with E-state index in [1.807, 2.05) is 50.2 Å². The fourth-order valence-electron chi connectivity index (χ4n) is 4.76. The van der Waals surface area contributed by atoms with E-state index >= 15 is 0 Å². The van der Waals surface area contributed by atoms with E-state index in [1.165, 1.54) is 0 Å². The number of methoxy groups -OCH3 is 2. The first-order chi connectivity index (χ1) is 18.9. The van der Waals surface area contributed by atoms with Crippen molar-refractivity contribution in [3.8, 4) is 11.5 Å². The van der Waals surface area contributed by atoms with Gasteiger partial charge in [0.2, 0.25) is 0 Å². The molecule has 5 rings (SSSR count). The maximum atomic E-state index is 12.3. The third-order valence-corrected chi connectivity index (χ3v) is 6.80. The number of aromatic nitrogens is 2. The number of ether oxygens (including phenoxy) is 4. The standard InChI is InChI=1S/C16H19NO4.C14H15NO3/c1-11-9-15(18)17(6-5-16-20-7-8-21-16)14-10-12(19-2)3-4-13(11)14;1-10-8-14(17)15(6-3-7-16)13-9-11(18-2)4-5-12(10)13/h3-4,9-10,16H,5-8H2,1-2H3;4-5,7-9H,3,6H2,1-2H3. The predicted octanol–water partition coefficient (Wildman–Crippen LogP) is 3.99. The van der Waals surface area contributed by atoms with Gasteiger partial charge in [0.15, 0.2) is 6.29 Å². The van der Waals surface area contributed by atoms with E-state index in [2.05, 4.69) is 0 Å². The van der Waals surface area contributed by atoms with Crippen molar-refractivity contribution in [2.75, 3.05) is 27.4 Å². The second kappa shape index (κ2) is 12.7. The highest BCUT2D eigenvalue weighted by Gasteiger charge is 2.17. The molecule has 0 N–H and O–H groups in total. The molecule has 0 bridgehead atoms. The summed E-state index contributed by atoms with van der Waals surface area (Å²) in [4.78, 5) is 34.7. The minimum atomic E-state index is -0.209. The smallest absolute Gasteiger partial charge is 0.251 e. The number of hydrogen-bond acceptors (Lipinski definition) is 7. The number of nitrogens with zero attached hydrogens (tertiary/aromatic N) is 2. The van der Waals surface area contributed by atoms with E-state index in [0.717, 1.165) is 45.0 Å². The van der Waals surface area contributed by atoms with Crippen LogP contribution in [0.15, 0.2) is 58.1 Å². The molecule has 1 fully saturated rings. The Kier molecular flexibility index (Phi) is 9.16. The van der Waals surface area contributed by atoms with Crippen molar-refractivity contribution in [2.24, 2.45) is 0 Å². The molecule has 0 saturated carbocycles. The van der Waals surface area contributed by atoms with Crippen molar-refractivity contribution in [3.63, 3.8) is 0 Å². The number of benzene rings is 2. The molecular formula is C30H34N2O7.